The lowest BCUT2D eigenvalue weighted by atomic mass is 10.0. The van der Waals surface area contributed by atoms with E-state index in [4.69, 9.17) is 0 Å². The van der Waals surface area contributed by atoms with Gasteiger partial charge in [-0.15, -0.1) is 0 Å². The van der Waals surface area contributed by atoms with Gasteiger partial charge >= 0.3 is 0 Å². The van der Waals surface area contributed by atoms with E-state index in [1.807, 2.05) is 6.08 Å². The average molecular weight is 760 g/mol. The van der Waals surface area contributed by atoms with Crippen molar-refractivity contribution in [2.45, 2.75) is 283 Å². The van der Waals surface area contributed by atoms with Crippen LogP contribution in [0.3, 0.4) is 0 Å². The van der Waals surface area contributed by atoms with E-state index in [-0.39, 0.29) is 12.5 Å². The van der Waals surface area contributed by atoms with Crippen molar-refractivity contribution < 1.29 is 15.0 Å². The Bertz CT molecular complexity index is 780. The summed E-state index contributed by atoms with van der Waals surface area (Å²) in [5.41, 5.74) is 0. The molecule has 0 bridgehead atoms. The lowest BCUT2D eigenvalue weighted by Crippen LogP contribution is -2.45. The molecule has 3 N–H and O–H groups in total. The molecule has 320 valence electrons. The maximum absolute atomic E-state index is 12.4. The van der Waals surface area contributed by atoms with Crippen molar-refractivity contribution in [3.8, 4) is 0 Å². The number of amides is 1. The van der Waals surface area contributed by atoms with Gasteiger partial charge in [-0.25, -0.2) is 0 Å². The zero-order chi connectivity index (χ0) is 39.3. The molecule has 2 atom stereocenters. The molecule has 0 aromatic heterocycles. The van der Waals surface area contributed by atoms with Crippen molar-refractivity contribution >= 4 is 5.91 Å². The van der Waals surface area contributed by atoms with Gasteiger partial charge in [0.1, 0.15) is 0 Å². The third kappa shape index (κ3) is 42.0. The molecule has 0 rings (SSSR count). The Labute approximate surface area is 339 Å². The molecule has 1 amide bonds. The second kappa shape index (κ2) is 46.3. The molecular formula is C50H97NO3. The topological polar surface area (TPSA) is 69.6 Å². The van der Waals surface area contributed by atoms with Gasteiger partial charge in [0.2, 0.25) is 5.91 Å². The molecule has 0 aromatic carbocycles. The van der Waals surface area contributed by atoms with Crippen LogP contribution in [0.5, 0.6) is 0 Å². The van der Waals surface area contributed by atoms with Gasteiger partial charge in [0.25, 0.3) is 0 Å². The fourth-order valence-corrected chi connectivity index (χ4v) is 7.65. The van der Waals surface area contributed by atoms with Crippen LogP contribution < -0.4 is 5.32 Å². The van der Waals surface area contributed by atoms with E-state index in [2.05, 4.69) is 31.3 Å². The molecule has 0 aromatic rings. The van der Waals surface area contributed by atoms with Gasteiger partial charge in [-0.05, 0) is 44.9 Å². The van der Waals surface area contributed by atoms with Crippen molar-refractivity contribution in [1.82, 2.24) is 5.32 Å². The number of carbonyl (C=O) groups is 1. The van der Waals surface area contributed by atoms with E-state index < -0.39 is 12.1 Å². The van der Waals surface area contributed by atoms with Gasteiger partial charge in [-0.2, -0.15) is 0 Å². The van der Waals surface area contributed by atoms with Crippen molar-refractivity contribution in [1.29, 1.82) is 0 Å². The lowest BCUT2D eigenvalue weighted by Gasteiger charge is -2.20. The first kappa shape index (κ1) is 52.9. The summed E-state index contributed by atoms with van der Waals surface area (Å²) in [6.07, 6.45) is 60.5. The molecule has 2 unspecified atom stereocenters. The van der Waals surface area contributed by atoms with Crippen LogP contribution in [0.15, 0.2) is 24.3 Å². The van der Waals surface area contributed by atoms with E-state index in [1.54, 1.807) is 6.08 Å². The summed E-state index contributed by atoms with van der Waals surface area (Å²) < 4.78 is 0. The van der Waals surface area contributed by atoms with Crippen molar-refractivity contribution in [3.63, 3.8) is 0 Å². The fraction of sp³-hybridized carbons (Fsp3) is 0.900. The quantitative estimate of drug-likeness (QED) is 0.0428. The second-order valence-electron chi connectivity index (χ2n) is 16.9. The van der Waals surface area contributed by atoms with Crippen LogP contribution in [0.1, 0.15) is 271 Å². The van der Waals surface area contributed by atoms with Crippen LogP contribution in [0.2, 0.25) is 0 Å². The Balaban J connectivity index is 3.38. The van der Waals surface area contributed by atoms with Crippen LogP contribution >= 0.6 is 0 Å². The maximum Gasteiger partial charge on any atom is 0.220 e. The first-order chi connectivity index (χ1) is 26.7. The number of unbranched alkanes of at least 4 members (excludes halogenated alkanes) is 36. The van der Waals surface area contributed by atoms with Gasteiger partial charge < -0.3 is 15.5 Å². The molecule has 0 saturated carbocycles. The number of hydrogen-bond donors (Lipinski definition) is 3. The number of rotatable bonds is 45. The molecule has 0 aliphatic heterocycles. The highest BCUT2D eigenvalue weighted by molar-refractivity contribution is 5.76. The summed E-state index contributed by atoms with van der Waals surface area (Å²) in [6.45, 7) is 4.30. The van der Waals surface area contributed by atoms with Gasteiger partial charge in [0, 0.05) is 6.42 Å². The van der Waals surface area contributed by atoms with E-state index >= 15 is 0 Å². The molecule has 0 heterocycles. The molecule has 4 heteroatoms. The van der Waals surface area contributed by atoms with Crippen LogP contribution in [-0.4, -0.2) is 34.9 Å². The number of allylic oxidation sites excluding steroid dienone is 3. The standard InChI is InChI=1S/C50H97NO3/c1-3-5-7-9-11-13-14-15-16-17-18-19-20-21-22-23-24-25-26-27-28-29-30-31-32-33-34-35-36-38-40-42-44-46-50(54)51-48(47-52)49(53)45-43-41-39-37-12-10-8-6-4-2/h21-22,43,45,48-49,52-53H,3-20,23-42,44,46-47H2,1-2H3,(H,51,54)/b22-21-,45-43+. The van der Waals surface area contributed by atoms with E-state index in [0.29, 0.717) is 6.42 Å². The normalized spacial score (nSPS) is 13.0. The van der Waals surface area contributed by atoms with Crippen LogP contribution in [0.4, 0.5) is 0 Å². The van der Waals surface area contributed by atoms with Gasteiger partial charge in [0.15, 0.2) is 0 Å². The summed E-state index contributed by atoms with van der Waals surface area (Å²) in [5, 5.41) is 22.9. The molecule has 0 aliphatic carbocycles. The lowest BCUT2D eigenvalue weighted by molar-refractivity contribution is -0.123. The minimum absolute atomic E-state index is 0.0630. The minimum Gasteiger partial charge on any atom is -0.394 e. The first-order valence-electron chi connectivity index (χ1n) is 24.6. The fourth-order valence-electron chi connectivity index (χ4n) is 7.65. The molecule has 0 saturated heterocycles. The minimum atomic E-state index is -0.834. The summed E-state index contributed by atoms with van der Waals surface area (Å²) in [4.78, 5) is 12.4. The van der Waals surface area contributed by atoms with E-state index in [9.17, 15) is 15.0 Å². The third-order valence-electron chi connectivity index (χ3n) is 11.4. The number of carbonyl (C=O) groups excluding carboxylic acids is 1. The van der Waals surface area contributed by atoms with E-state index in [0.717, 1.165) is 25.7 Å². The average Bonchev–Trinajstić information content (AvgIpc) is 3.18. The van der Waals surface area contributed by atoms with Crippen LogP contribution in [0.25, 0.3) is 0 Å². The smallest absolute Gasteiger partial charge is 0.220 e. The predicted molar refractivity (Wildman–Crippen MR) is 239 cm³/mol. The van der Waals surface area contributed by atoms with Crippen LogP contribution in [-0.2, 0) is 4.79 Å². The summed E-state index contributed by atoms with van der Waals surface area (Å²) in [6, 6.07) is -0.617. The van der Waals surface area contributed by atoms with Gasteiger partial charge in [0.05, 0.1) is 18.8 Å². The Morgan fingerprint density at radius 1 is 0.426 bits per heavy atom. The Hall–Kier alpha value is -1.13. The first-order valence-corrected chi connectivity index (χ1v) is 24.6. The number of hydrogen-bond acceptors (Lipinski definition) is 3. The van der Waals surface area contributed by atoms with Crippen molar-refractivity contribution in [3.05, 3.63) is 24.3 Å². The summed E-state index contributed by atoms with van der Waals surface area (Å²) >= 11 is 0. The Morgan fingerprint density at radius 3 is 1.02 bits per heavy atom. The molecule has 0 radical (unpaired) electrons. The Morgan fingerprint density at radius 2 is 0.704 bits per heavy atom. The molecular weight excluding hydrogens is 663 g/mol. The highest BCUT2D eigenvalue weighted by Crippen LogP contribution is 2.16. The van der Waals surface area contributed by atoms with Crippen molar-refractivity contribution in [2.24, 2.45) is 0 Å². The number of aliphatic hydroxyl groups excluding tert-OH is 2. The zero-order valence-electron chi connectivity index (χ0n) is 36.8. The van der Waals surface area contributed by atoms with Crippen molar-refractivity contribution in [2.75, 3.05) is 6.61 Å². The van der Waals surface area contributed by atoms with Crippen LogP contribution in [0, 0.1) is 0 Å². The summed E-state index contributed by atoms with van der Waals surface area (Å²) in [5.74, 6) is -0.0630. The predicted octanol–water partition coefficient (Wildman–Crippen LogP) is 15.6. The highest BCUT2D eigenvalue weighted by Gasteiger charge is 2.18. The SMILES string of the molecule is CCCCCCCCC/C=C/C(O)C(CO)NC(=O)CCCCCCCCCCCCCCCCCCC/C=C\CCCCCCCCCCCCCC. The third-order valence-corrected chi connectivity index (χ3v) is 11.4. The Kier molecular flexibility index (Phi) is 45.3. The largest absolute Gasteiger partial charge is 0.394 e. The van der Waals surface area contributed by atoms with E-state index in [1.165, 1.54) is 225 Å². The monoisotopic (exact) mass is 760 g/mol. The van der Waals surface area contributed by atoms with Gasteiger partial charge in [-0.3, -0.25) is 4.79 Å². The maximum atomic E-state index is 12.4. The molecule has 0 aliphatic rings. The summed E-state index contributed by atoms with van der Waals surface area (Å²) in [7, 11) is 0. The molecule has 0 fully saturated rings. The second-order valence-corrected chi connectivity index (χ2v) is 16.9. The number of nitrogens with one attached hydrogen (secondary N) is 1. The highest BCUT2D eigenvalue weighted by atomic mass is 16.3. The zero-order valence-corrected chi connectivity index (χ0v) is 36.8. The molecule has 0 spiro atoms. The number of aliphatic hydroxyl groups is 2. The molecule has 4 nitrogen and oxygen atoms in total. The van der Waals surface area contributed by atoms with Gasteiger partial charge in [-0.1, -0.05) is 244 Å². The molecule has 54 heavy (non-hydrogen) atoms.